The van der Waals surface area contributed by atoms with Gasteiger partial charge in [-0.05, 0) is 37.5 Å². The van der Waals surface area contributed by atoms with E-state index in [9.17, 15) is 18.3 Å². The van der Waals surface area contributed by atoms with Gasteiger partial charge >= 0.3 is 6.18 Å². The lowest BCUT2D eigenvalue weighted by Gasteiger charge is -2.35. The molecule has 1 saturated heterocycles. The first kappa shape index (κ1) is 15.4. The van der Waals surface area contributed by atoms with Crippen LogP contribution in [-0.4, -0.2) is 24.4 Å². The minimum absolute atomic E-state index is 0.0583. The molecule has 0 saturated carbocycles. The lowest BCUT2D eigenvalue weighted by atomic mass is 9.97. The summed E-state index contributed by atoms with van der Waals surface area (Å²) in [6.45, 7) is 2.13. The molecule has 20 heavy (non-hydrogen) atoms. The molecule has 0 bridgehead atoms. The summed E-state index contributed by atoms with van der Waals surface area (Å²) in [5.41, 5.74) is 1.26. The summed E-state index contributed by atoms with van der Waals surface area (Å²) in [7, 11) is 0. The Bertz CT molecular complexity index is 476. The Morgan fingerprint density at radius 2 is 2.10 bits per heavy atom. The molecule has 2 rings (SSSR count). The van der Waals surface area contributed by atoms with Crippen molar-refractivity contribution in [3.63, 3.8) is 0 Å². The maximum atomic E-state index is 12.8. The average molecular weight is 308 g/mol. The van der Waals surface area contributed by atoms with E-state index >= 15 is 0 Å². The van der Waals surface area contributed by atoms with E-state index in [1.165, 1.54) is 0 Å². The molecule has 1 fully saturated rings. The van der Waals surface area contributed by atoms with Gasteiger partial charge in [0.05, 0.1) is 22.7 Å². The van der Waals surface area contributed by atoms with E-state index in [0.29, 0.717) is 29.2 Å². The quantitative estimate of drug-likeness (QED) is 0.886. The first-order valence-electron chi connectivity index (χ1n) is 6.58. The lowest BCUT2D eigenvalue weighted by Crippen LogP contribution is -2.41. The fraction of sp³-hybridized carbons (Fsp3) is 0.571. The highest BCUT2D eigenvalue weighted by Gasteiger charge is 2.42. The number of aliphatic hydroxyl groups is 1. The lowest BCUT2D eigenvalue weighted by molar-refractivity contribution is -0.175. The van der Waals surface area contributed by atoms with Crippen LogP contribution in [0.5, 0.6) is 0 Å². The number of alkyl halides is 3. The topological polar surface area (TPSA) is 23.5 Å². The number of hydrogen-bond acceptors (Lipinski definition) is 2. The molecule has 2 unspecified atom stereocenters. The Balaban J connectivity index is 2.19. The number of halogens is 4. The Morgan fingerprint density at radius 1 is 1.40 bits per heavy atom. The van der Waals surface area contributed by atoms with Crippen molar-refractivity contribution in [3.05, 3.63) is 28.8 Å². The van der Waals surface area contributed by atoms with E-state index in [-0.39, 0.29) is 13.0 Å². The van der Waals surface area contributed by atoms with Gasteiger partial charge in [0.25, 0.3) is 0 Å². The maximum absolute atomic E-state index is 12.8. The van der Waals surface area contributed by atoms with Crippen molar-refractivity contribution in [2.24, 2.45) is 5.92 Å². The number of aliphatic hydroxyl groups excluding tert-OH is 1. The van der Waals surface area contributed by atoms with Crippen molar-refractivity contribution in [1.82, 2.24) is 0 Å². The van der Waals surface area contributed by atoms with Gasteiger partial charge in [0, 0.05) is 13.1 Å². The third kappa shape index (κ3) is 3.38. The predicted molar refractivity (Wildman–Crippen MR) is 73.1 cm³/mol. The number of nitrogens with zero attached hydrogens (tertiary/aromatic N) is 1. The standard InChI is InChI=1S/C14H17ClF3NO/c1-9(20)10-4-5-13(12(15)7-10)19-6-2-3-11(8-19)14(16,17)18/h4-5,7,9,11,20H,2-3,6,8H2,1H3. The summed E-state index contributed by atoms with van der Waals surface area (Å²) in [4.78, 5) is 1.68. The van der Waals surface area contributed by atoms with Crippen LogP contribution < -0.4 is 4.90 Å². The van der Waals surface area contributed by atoms with E-state index < -0.39 is 18.2 Å². The summed E-state index contributed by atoms with van der Waals surface area (Å²) >= 11 is 6.13. The van der Waals surface area contributed by atoms with Crippen LogP contribution in [0, 0.1) is 5.92 Å². The Hall–Kier alpha value is -0.940. The van der Waals surface area contributed by atoms with Crippen molar-refractivity contribution < 1.29 is 18.3 Å². The smallest absolute Gasteiger partial charge is 0.389 e. The number of rotatable bonds is 2. The Kier molecular flexibility index (Phi) is 4.49. The number of piperidine rings is 1. The third-order valence-corrected chi connectivity index (χ3v) is 3.98. The third-order valence-electron chi connectivity index (χ3n) is 3.68. The molecular formula is C14H17ClF3NO. The number of benzene rings is 1. The fourth-order valence-electron chi connectivity index (χ4n) is 2.50. The van der Waals surface area contributed by atoms with E-state index in [2.05, 4.69) is 0 Å². The van der Waals surface area contributed by atoms with Crippen molar-refractivity contribution in [2.45, 2.75) is 32.0 Å². The van der Waals surface area contributed by atoms with Crippen molar-refractivity contribution in [1.29, 1.82) is 0 Å². The van der Waals surface area contributed by atoms with Crippen LogP contribution in [0.15, 0.2) is 18.2 Å². The van der Waals surface area contributed by atoms with Gasteiger partial charge in [-0.2, -0.15) is 13.2 Å². The molecule has 1 aromatic carbocycles. The first-order valence-corrected chi connectivity index (χ1v) is 6.96. The molecular weight excluding hydrogens is 291 g/mol. The second-order valence-corrected chi connectivity index (χ2v) is 5.62. The van der Waals surface area contributed by atoms with Gasteiger partial charge in [-0.15, -0.1) is 0 Å². The Morgan fingerprint density at radius 3 is 2.65 bits per heavy atom. The molecule has 0 aliphatic carbocycles. The first-order chi connectivity index (χ1) is 9.29. The zero-order chi connectivity index (χ0) is 14.9. The van der Waals surface area contributed by atoms with Gasteiger partial charge in [0.15, 0.2) is 0 Å². The molecule has 1 aliphatic heterocycles. The molecule has 2 nitrogen and oxygen atoms in total. The summed E-state index contributed by atoms with van der Waals surface area (Å²) < 4.78 is 38.4. The van der Waals surface area contributed by atoms with Crippen LogP contribution in [0.4, 0.5) is 18.9 Å². The SMILES string of the molecule is CC(O)c1ccc(N2CCCC(C(F)(F)F)C2)c(Cl)c1. The average Bonchev–Trinajstić information content (AvgIpc) is 2.37. The molecule has 1 heterocycles. The van der Waals surface area contributed by atoms with Crippen molar-refractivity contribution in [3.8, 4) is 0 Å². The minimum Gasteiger partial charge on any atom is -0.389 e. The fourth-order valence-corrected chi connectivity index (χ4v) is 2.81. The largest absolute Gasteiger partial charge is 0.393 e. The van der Waals surface area contributed by atoms with Crippen LogP contribution in [-0.2, 0) is 0 Å². The van der Waals surface area contributed by atoms with E-state index in [1.54, 1.807) is 30.0 Å². The van der Waals surface area contributed by atoms with Gasteiger partial charge in [0.2, 0.25) is 0 Å². The highest BCUT2D eigenvalue weighted by atomic mass is 35.5. The zero-order valence-corrected chi connectivity index (χ0v) is 11.9. The zero-order valence-electron chi connectivity index (χ0n) is 11.1. The molecule has 2 atom stereocenters. The van der Waals surface area contributed by atoms with E-state index in [1.807, 2.05) is 0 Å². The van der Waals surface area contributed by atoms with E-state index in [4.69, 9.17) is 11.6 Å². The van der Waals surface area contributed by atoms with Crippen molar-refractivity contribution >= 4 is 17.3 Å². The van der Waals surface area contributed by atoms with Crippen LogP contribution in [0.25, 0.3) is 0 Å². The van der Waals surface area contributed by atoms with Crippen LogP contribution in [0.3, 0.4) is 0 Å². The highest BCUT2D eigenvalue weighted by Crippen LogP contribution is 2.37. The number of anilines is 1. The maximum Gasteiger partial charge on any atom is 0.393 e. The summed E-state index contributed by atoms with van der Waals surface area (Å²) in [6.07, 6.45) is -4.14. The summed E-state index contributed by atoms with van der Waals surface area (Å²) in [6, 6.07) is 4.99. The van der Waals surface area contributed by atoms with Crippen LogP contribution >= 0.6 is 11.6 Å². The van der Waals surface area contributed by atoms with Gasteiger partial charge in [-0.1, -0.05) is 17.7 Å². The minimum atomic E-state index is -4.16. The normalized spacial score (nSPS) is 21.9. The van der Waals surface area contributed by atoms with Crippen molar-refractivity contribution in [2.75, 3.05) is 18.0 Å². The summed E-state index contributed by atoms with van der Waals surface area (Å²) in [5.74, 6) is -1.30. The molecule has 1 aromatic rings. The molecule has 6 heteroatoms. The predicted octanol–water partition coefficient (Wildman–Crippen LogP) is 4.17. The molecule has 1 aliphatic rings. The molecule has 0 amide bonds. The van der Waals surface area contributed by atoms with Crippen LogP contribution in [0.2, 0.25) is 5.02 Å². The monoisotopic (exact) mass is 307 g/mol. The van der Waals surface area contributed by atoms with E-state index in [0.717, 1.165) is 0 Å². The molecule has 112 valence electrons. The Labute approximate surface area is 121 Å². The molecule has 0 radical (unpaired) electrons. The second-order valence-electron chi connectivity index (χ2n) is 5.21. The van der Waals surface area contributed by atoms with Gasteiger partial charge in [-0.3, -0.25) is 0 Å². The van der Waals surface area contributed by atoms with Gasteiger partial charge in [-0.25, -0.2) is 0 Å². The highest BCUT2D eigenvalue weighted by molar-refractivity contribution is 6.33. The number of hydrogen-bond donors (Lipinski definition) is 1. The molecule has 0 aromatic heterocycles. The molecule has 0 spiro atoms. The molecule has 1 N–H and O–H groups in total. The van der Waals surface area contributed by atoms with Crippen LogP contribution in [0.1, 0.15) is 31.4 Å². The van der Waals surface area contributed by atoms with Gasteiger partial charge < -0.3 is 10.0 Å². The summed E-state index contributed by atoms with van der Waals surface area (Å²) in [5, 5.41) is 9.86. The van der Waals surface area contributed by atoms with Gasteiger partial charge in [0.1, 0.15) is 0 Å². The second kappa shape index (κ2) is 5.82.